The first-order valence-corrected chi connectivity index (χ1v) is 10.9. The summed E-state index contributed by atoms with van der Waals surface area (Å²) in [6.45, 7) is 4.68. The molecule has 1 aromatic heterocycles. The number of halogens is 1. The Bertz CT molecular complexity index is 987. The molecule has 0 amide bonds. The monoisotopic (exact) mass is 445 g/mol. The molecule has 0 bridgehead atoms. The normalized spacial score (nSPS) is 11.9. The Morgan fingerprint density at radius 2 is 1.97 bits per heavy atom. The summed E-state index contributed by atoms with van der Waals surface area (Å²) in [7, 11) is 1.37. The highest BCUT2D eigenvalue weighted by Crippen LogP contribution is 2.26. The minimum absolute atomic E-state index is 0.364. The van der Waals surface area contributed by atoms with Crippen LogP contribution in [0.25, 0.3) is 10.6 Å². The minimum atomic E-state index is -0.605. The van der Waals surface area contributed by atoms with Gasteiger partial charge in [-0.3, -0.25) is 0 Å². The number of benzene rings is 2. The molecule has 0 spiro atoms. The van der Waals surface area contributed by atoms with E-state index in [2.05, 4.69) is 4.98 Å². The van der Waals surface area contributed by atoms with Gasteiger partial charge in [-0.2, -0.15) is 0 Å². The fourth-order valence-corrected chi connectivity index (χ4v) is 3.92. The zero-order chi connectivity index (χ0) is 21.5. The maximum absolute atomic E-state index is 11.9. The molecule has 0 aliphatic heterocycles. The highest BCUT2D eigenvalue weighted by molar-refractivity contribution is 7.13. The molecule has 5 nitrogen and oxygen atoms in total. The van der Waals surface area contributed by atoms with E-state index in [0.717, 1.165) is 33.1 Å². The van der Waals surface area contributed by atoms with Crippen LogP contribution < -0.4 is 4.74 Å². The second-order valence-corrected chi connectivity index (χ2v) is 7.99. The topological polar surface area (TPSA) is 57.7 Å². The summed E-state index contributed by atoms with van der Waals surface area (Å²) in [5.41, 5.74) is 3.95. The van der Waals surface area contributed by atoms with E-state index in [1.165, 1.54) is 7.11 Å². The van der Waals surface area contributed by atoms with Gasteiger partial charge in [-0.25, -0.2) is 9.78 Å². The van der Waals surface area contributed by atoms with Crippen molar-refractivity contribution in [2.75, 3.05) is 13.7 Å². The Labute approximate surface area is 185 Å². The van der Waals surface area contributed by atoms with Gasteiger partial charge < -0.3 is 14.2 Å². The molecule has 1 atom stereocenters. The molecule has 0 unspecified atom stereocenters. The minimum Gasteiger partial charge on any atom is -0.487 e. The molecule has 0 fully saturated rings. The van der Waals surface area contributed by atoms with Gasteiger partial charge in [0.2, 0.25) is 0 Å². The maximum Gasteiger partial charge on any atom is 0.335 e. The van der Waals surface area contributed by atoms with Crippen molar-refractivity contribution in [3.63, 3.8) is 0 Å². The number of rotatable bonds is 9. The van der Waals surface area contributed by atoms with Crippen LogP contribution in [0.5, 0.6) is 5.75 Å². The maximum atomic E-state index is 11.9. The van der Waals surface area contributed by atoms with Crippen molar-refractivity contribution in [1.29, 1.82) is 0 Å². The Morgan fingerprint density at radius 3 is 2.63 bits per heavy atom. The van der Waals surface area contributed by atoms with E-state index in [1.807, 2.05) is 61.7 Å². The molecule has 3 rings (SSSR count). The summed E-state index contributed by atoms with van der Waals surface area (Å²) >= 11 is 7.52. The van der Waals surface area contributed by atoms with Gasteiger partial charge in [0.15, 0.2) is 6.10 Å². The van der Waals surface area contributed by atoms with Crippen LogP contribution in [0.4, 0.5) is 0 Å². The third-order valence-corrected chi connectivity index (χ3v) is 5.77. The summed E-state index contributed by atoms with van der Waals surface area (Å²) in [5, 5.41) is 3.63. The number of carbonyl (C=O) groups excluding carboxylic acids is 1. The number of hydrogen-bond acceptors (Lipinski definition) is 6. The van der Waals surface area contributed by atoms with Crippen LogP contribution in [-0.2, 0) is 27.3 Å². The number of hydrogen-bond donors (Lipinski definition) is 0. The number of carbonyl (C=O) groups is 1. The lowest BCUT2D eigenvalue weighted by Crippen LogP contribution is -2.28. The number of aryl methyl sites for hydroxylation is 1. The number of aromatic nitrogens is 1. The van der Waals surface area contributed by atoms with E-state index >= 15 is 0 Å². The summed E-state index contributed by atoms with van der Waals surface area (Å²) < 4.78 is 16.3. The van der Waals surface area contributed by atoms with E-state index < -0.39 is 6.10 Å². The zero-order valence-corrected chi connectivity index (χ0v) is 18.8. The average Bonchev–Trinajstić information content (AvgIpc) is 3.22. The quantitative estimate of drug-likeness (QED) is 0.408. The summed E-state index contributed by atoms with van der Waals surface area (Å²) in [4.78, 5) is 16.5. The van der Waals surface area contributed by atoms with Crippen molar-refractivity contribution < 1.29 is 19.0 Å². The number of thiazole rings is 1. The molecule has 0 aliphatic carbocycles. The predicted molar refractivity (Wildman–Crippen MR) is 119 cm³/mol. The fraction of sp³-hybridized carbons (Fsp3) is 0.304. The van der Waals surface area contributed by atoms with Crippen molar-refractivity contribution in [3.05, 3.63) is 69.7 Å². The van der Waals surface area contributed by atoms with E-state index in [1.54, 1.807) is 11.3 Å². The lowest BCUT2D eigenvalue weighted by molar-refractivity contribution is -0.153. The van der Waals surface area contributed by atoms with Crippen LogP contribution in [-0.4, -0.2) is 30.8 Å². The molecule has 158 valence electrons. The molecular weight excluding hydrogens is 422 g/mol. The van der Waals surface area contributed by atoms with Crippen molar-refractivity contribution >= 4 is 28.9 Å². The van der Waals surface area contributed by atoms with Crippen molar-refractivity contribution in [3.8, 4) is 16.3 Å². The third-order valence-electron chi connectivity index (χ3n) is 4.58. The lowest BCUT2D eigenvalue weighted by atomic mass is 10.0. The van der Waals surface area contributed by atoms with Gasteiger partial charge >= 0.3 is 5.97 Å². The first-order chi connectivity index (χ1) is 14.5. The van der Waals surface area contributed by atoms with E-state index in [-0.39, 0.29) is 5.97 Å². The predicted octanol–water partition coefficient (Wildman–Crippen LogP) is 5.47. The molecule has 1 heterocycles. The van der Waals surface area contributed by atoms with E-state index in [9.17, 15) is 4.79 Å². The molecule has 0 saturated carbocycles. The van der Waals surface area contributed by atoms with E-state index in [4.69, 9.17) is 25.8 Å². The van der Waals surface area contributed by atoms with E-state index in [0.29, 0.717) is 24.7 Å². The summed E-state index contributed by atoms with van der Waals surface area (Å²) in [5.74, 6) is 0.389. The zero-order valence-electron chi connectivity index (χ0n) is 17.2. The molecular formula is C23H24ClNO4S. The molecule has 0 N–H and O–H groups in total. The van der Waals surface area contributed by atoms with Gasteiger partial charge in [0.1, 0.15) is 17.4 Å². The Hall–Kier alpha value is -2.41. The smallest absolute Gasteiger partial charge is 0.335 e. The van der Waals surface area contributed by atoms with Crippen LogP contribution in [0.15, 0.2) is 47.8 Å². The van der Waals surface area contributed by atoms with Crippen molar-refractivity contribution in [2.24, 2.45) is 0 Å². The standard InChI is InChI=1S/C23H24ClNO4S/c1-4-28-21(23(26)27-3)12-17-7-10-20(11-15(17)2)29-13-19-14-30-22(25-19)16-5-8-18(24)9-6-16/h5-11,14,21H,4,12-13H2,1-3H3/t21-/m0/s1. The lowest BCUT2D eigenvalue weighted by Gasteiger charge is -2.16. The van der Waals surface area contributed by atoms with Crippen LogP contribution in [0.2, 0.25) is 5.02 Å². The van der Waals surface area contributed by atoms with Gasteiger partial charge in [-0.05, 0) is 49.2 Å². The first-order valence-electron chi connectivity index (χ1n) is 9.62. The molecule has 30 heavy (non-hydrogen) atoms. The molecule has 3 aromatic rings. The molecule has 2 aromatic carbocycles. The number of nitrogens with zero attached hydrogens (tertiary/aromatic N) is 1. The van der Waals surface area contributed by atoms with Gasteiger partial charge in [-0.15, -0.1) is 11.3 Å². The molecule has 0 saturated heterocycles. The summed E-state index contributed by atoms with van der Waals surface area (Å²) in [6, 6.07) is 13.4. The molecule has 7 heteroatoms. The number of ether oxygens (including phenoxy) is 3. The second kappa shape index (κ2) is 10.6. The van der Waals surface area contributed by atoms with Crippen molar-refractivity contribution in [2.45, 2.75) is 33.0 Å². The Balaban J connectivity index is 1.62. The Morgan fingerprint density at radius 1 is 1.20 bits per heavy atom. The van der Waals surface area contributed by atoms with Gasteiger partial charge in [0.05, 0.1) is 12.8 Å². The Kier molecular flexibility index (Phi) is 7.85. The largest absolute Gasteiger partial charge is 0.487 e. The molecule has 0 radical (unpaired) electrons. The van der Waals surface area contributed by atoms with Gasteiger partial charge in [-0.1, -0.05) is 29.8 Å². The highest BCUT2D eigenvalue weighted by Gasteiger charge is 2.20. The first kappa shape index (κ1) is 22.3. The second-order valence-electron chi connectivity index (χ2n) is 6.70. The van der Waals surface area contributed by atoms with Crippen molar-refractivity contribution in [1.82, 2.24) is 4.98 Å². The number of esters is 1. The van der Waals surface area contributed by atoms with Gasteiger partial charge in [0.25, 0.3) is 0 Å². The van der Waals surface area contributed by atoms with Crippen LogP contribution in [0, 0.1) is 6.92 Å². The third kappa shape index (κ3) is 5.81. The fourth-order valence-electron chi connectivity index (χ4n) is 2.99. The highest BCUT2D eigenvalue weighted by atomic mass is 35.5. The number of methoxy groups -OCH3 is 1. The van der Waals surface area contributed by atoms with Crippen LogP contribution in [0.1, 0.15) is 23.7 Å². The van der Waals surface area contributed by atoms with Crippen LogP contribution in [0.3, 0.4) is 0 Å². The van der Waals surface area contributed by atoms with Crippen LogP contribution >= 0.6 is 22.9 Å². The SMILES string of the molecule is CCO[C@@H](Cc1ccc(OCc2csc(-c3ccc(Cl)cc3)n2)cc1C)C(=O)OC. The summed E-state index contributed by atoms with van der Waals surface area (Å²) in [6.07, 6.45) is -0.143. The van der Waals surface area contributed by atoms with Gasteiger partial charge in [0, 0.05) is 29.0 Å². The average molecular weight is 446 g/mol. The molecule has 0 aliphatic rings.